The van der Waals surface area contributed by atoms with Crippen LogP contribution in [0.15, 0.2) is 48.8 Å². The van der Waals surface area contributed by atoms with E-state index in [4.69, 9.17) is 4.74 Å². The lowest BCUT2D eigenvalue weighted by molar-refractivity contribution is -0.134. The first-order chi connectivity index (χ1) is 15.0. The van der Waals surface area contributed by atoms with E-state index in [2.05, 4.69) is 10.3 Å². The monoisotopic (exact) mass is 421 g/mol. The van der Waals surface area contributed by atoms with Gasteiger partial charge in [-0.1, -0.05) is 17.7 Å². The molecule has 0 aliphatic carbocycles. The topological polar surface area (TPSA) is 71.5 Å². The van der Waals surface area contributed by atoms with Crippen molar-refractivity contribution in [3.63, 3.8) is 0 Å². The van der Waals surface area contributed by atoms with Gasteiger partial charge in [0.25, 0.3) is 5.91 Å². The smallest absolute Gasteiger partial charge is 0.253 e. The molecule has 1 aromatic carbocycles. The standard InChI is InChI=1S/C25H31N3O3/c1-19-3-2-4-22(15-19)24(30)28-12-8-25(9-13-28)17-21(7-14-31-25)16-23(29)27-18-20-5-10-26-11-6-20/h2-6,10-11,15,21H,7-9,12-14,16-18H2,1H3,(H,27,29). The Bertz CT molecular complexity index is 907. The Hall–Kier alpha value is -2.73. The van der Waals surface area contributed by atoms with Crippen molar-refractivity contribution in [3.8, 4) is 0 Å². The van der Waals surface area contributed by atoms with Crippen LogP contribution in [0.25, 0.3) is 0 Å². The van der Waals surface area contributed by atoms with Crippen LogP contribution in [0.4, 0.5) is 0 Å². The van der Waals surface area contributed by atoms with Crippen LogP contribution in [0.3, 0.4) is 0 Å². The molecule has 2 fully saturated rings. The molecule has 4 rings (SSSR count). The molecule has 1 unspecified atom stereocenters. The number of nitrogens with one attached hydrogen (secondary N) is 1. The molecule has 6 heteroatoms. The van der Waals surface area contributed by atoms with E-state index in [1.165, 1.54) is 0 Å². The molecule has 3 heterocycles. The van der Waals surface area contributed by atoms with E-state index in [-0.39, 0.29) is 17.4 Å². The first-order valence-corrected chi connectivity index (χ1v) is 11.2. The van der Waals surface area contributed by atoms with Gasteiger partial charge in [0.2, 0.25) is 5.91 Å². The van der Waals surface area contributed by atoms with Crippen LogP contribution in [0.1, 0.15) is 53.6 Å². The minimum absolute atomic E-state index is 0.0888. The van der Waals surface area contributed by atoms with Crippen molar-refractivity contribution in [2.75, 3.05) is 19.7 Å². The average Bonchev–Trinajstić information content (AvgIpc) is 2.79. The van der Waals surface area contributed by atoms with E-state index in [1.54, 1.807) is 12.4 Å². The summed E-state index contributed by atoms with van der Waals surface area (Å²) >= 11 is 0. The normalized spacial score (nSPS) is 20.4. The molecule has 1 spiro atoms. The zero-order valence-corrected chi connectivity index (χ0v) is 18.2. The number of amides is 2. The summed E-state index contributed by atoms with van der Waals surface area (Å²) in [4.78, 5) is 31.3. The van der Waals surface area contributed by atoms with Crippen molar-refractivity contribution < 1.29 is 14.3 Å². The molecule has 0 radical (unpaired) electrons. The highest BCUT2D eigenvalue weighted by molar-refractivity contribution is 5.94. The minimum Gasteiger partial charge on any atom is -0.375 e. The van der Waals surface area contributed by atoms with E-state index < -0.39 is 0 Å². The number of pyridine rings is 1. The molecule has 31 heavy (non-hydrogen) atoms. The van der Waals surface area contributed by atoms with Gasteiger partial charge in [0, 0.05) is 50.6 Å². The summed E-state index contributed by atoms with van der Waals surface area (Å²) in [5, 5.41) is 3.02. The maximum absolute atomic E-state index is 12.9. The van der Waals surface area contributed by atoms with Gasteiger partial charge in [-0.2, -0.15) is 0 Å². The van der Waals surface area contributed by atoms with Crippen LogP contribution in [0.2, 0.25) is 0 Å². The van der Waals surface area contributed by atoms with Crippen molar-refractivity contribution in [2.45, 2.75) is 51.2 Å². The Balaban J connectivity index is 1.27. The highest BCUT2D eigenvalue weighted by Gasteiger charge is 2.41. The van der Waals surface area contributed by atoms with E-state index in [0.717, 1.165) is 42.4 Å². The van der Waals surface area contributed by atoms with Crippen LogP contribution in [-0.2, 0) is 16.1 Å². The summed E-state index contributed by atoms with van der Waals surface area (Å²) in [6.45, 7) is 4.63. The van der Waals surface area contributed by atoms with Crippen LogP contribution < -0.4 is 5.32 Å². The van der Waals surface area contributed by atoms with Gasteiger partial charge in [-0.3, -0.25) is 14.6 Å². The SMILES string of the molecule is Cc1cccc(C(=O)N2CCC3(CC2)CC(CC(=O)NCc2ccncc2)CCO3)c1. The summed E-state index contributed by atoms with van der Waals surface area (Å²) in [7, 11) is 0. The zero-order valence-electron chi connectivity index (χ0n) is 18.2. The number of carbonyl (C=O) groups is 2. The van der Waals surface area contributed by atoms with Gasteiger partial charge in [-0.05, 0) is 68.4 Å². The molecule has 1 atom stereocenters. The Morgan fingerprint density at radius 2 is 1.97 bits per heavy atom. The summed E-state index contributed by atoms with van der Waals surface area (Å²) in [5.41, 5.74) is 2.71. The van der Waals surface area contributed by atoms with E-state index in [0.29, 0.717) is 38.6 Å². The molecular weight excluding hydrogens is 390 g/mol. The highest BCUT2D eigenvalue weighted by atomic mass is 16.5. The number of carbonyl (C=O) groups excluding carboxylic acids is 2. The third kappa shape index (κ3) is 5.50. The fraction of sp³-hybridized carbons (Fsp3) is 0.480. The van der Waals surface area contributed by atoms with Crippen molar-refractivity contribution >= 4 is 11.8 Å². The summed E-state index contributed by atoms with van der Waals surface area (Å²) < 4.78 is 6.22. The van der Waals surface area contributed by atoms with Gasteiger partial charge in [-0.15, -0.1) is 0 Å². The number of ether oxygens (including phenoxy) is 1. The fourth-order valence-corrected chi connectivity index (χ4v) is 4.77. The Morgan fingerprint density at radius 3 is 2.71 bits per heavy atom. The van der Waals surface area contributed by atoms with Crippen LogP contribution in [0, 0.1) is 12.8 Å². The van der Waals surface area contributed by atoms with Crippen LogP contribution >= 0.6 is 0 Å². The second-order valence-electron chi connectivity index (χ2n) is 8.89. The van der Waals surface area contributed by atoms with E-state index in [1.807, 2.05) is 48.2 Å². The molecule has 2 saturated heterocycles. The van der Waals surface area contributed by atoms with Crippen LogP contribution in [-0.4, -0.2) is 47.0 Å². The lowest BCUT2D eigenvalue weighted by Crippen LogP contribution is -2.51. The summed E-state index contributed by atoms with van der Waals surface area (Å²) in [6, 6.07) is 11.6. The molecule has 164 valence electrons. The molecule has 2 aromatic rings. The van der Waals surface area contributed by atoms with Gasteiger partial charge in [-0.25, -0.2) is 0 Å². The summed E-state index contributed by atoms with van der Waals surface area (Å²) in [6.07, 6.45) is 7.47. The molecular formula is C25H31N3O3. The zero-order chi connectivity index (χ0) is 21.7. The van der Waals surface area contributed by atoms with E-state index in [9.17, 15) is 9.59 Å². The van der Waals surface area contributed by atoms with Gasteiger partial charge < -0.3 is 15.0 Å². The van der Waals surface area contributed by atoms with Gasteiger partial charge in [0.1, 0.15) is 0 Å². The molecule has 6 nitrogen and oxygen atoms in total. The molecule has 1 aromatic heterocycles. The molecule has 0 bridgehead atoms. The molecule has 2 amide bonds. The van der Waals surface area contributed by atoms with Gasteiger partial charge in [0.05, 0.1) is 5.60 Å². The third-order valence-electron chi connectivity index (χ3n) is 6.54. The Labute approximate surface area is 184 Å². The predicted molar refractivity (Wildman–Crippen MR) is 118 cm³/mol. The second kappa shape index (κ2) is 9.60. The number of rotatable bonds is 5. The quantitative estimate of drug-likeness (QED) is 0.802. The largest absolute Gasteiger partial charge is 0.375 e. The number of piperidine rings is 1. The minimum atomic E-state index is -0.197. The molecule has 2 aliphatic rings. The lowest BCUT2D eigenvalue weighted by atomic mass is 9.78. The fourth-order valence-electron chi connectivity index (χ4n) is 4.77. The predicted octanol–water partition coefficient (Wildman–Crippen LogP) is 3.50. The third-order valence-corrected chi connectivity index (χ3v) is 6.54. The molecule has 0 saturated carbocycles. The number of nitrogens with zero attached hydrogens (tertiary/aromatic N) is 2. The molecule has 1 N–H and O–H groups in total. The van der Waals surface area contributed by atoms with Gasteiger partial charge in [0.15, 0.2) is 0 Å². The Morgan fingerprint density at radius 1 is 1.19 bits per heavy atom. The lowest BCUT2D eigenvalue weighted by Gasteiger charge is -2.46. The Kier molecular flexibility index (Phi) is 6.66. The average molecular weight is 422 g/mol. The van der Waals surface area contributed by atoms with Crippen molar-refractivity contribution in [1.29, 1.82) is 0 Å². The second-order valence-corrected chi connectivity index (χ2v) is 8.89. The maximum Gasteiger partial charge on any atom is 0.253 e. The maximum atomic E-state index is 12.9. The van der Waals surface area contributed by atoms with Gasteiger partial charge >= 0.3 is 0 Å². The number of benzene rings is 1. The van der Waals surface area contributed by atoms with Crippen LogP contribution in [0.5, 0.6) is 0 Å². The van der Waals surface area contributed by atoms with E-state index >= 15 is 0 Å². The molecule has 2 aliphatic heterocycles. The number of likely N-dealkylation sites (tertiary alicyclic amines) is 1. The number of aromatic nitrogens is 1. The number of hydrogen-bond donors (Lipinski definition) is 1. The highest BCUT2D eigenvalue weighted by Crippen LogP contribution is 2.39. The van der Waals surface area contributed by atoms with Crippen molar-refractivity contribution in [3.05, 3.63) is 65.5 Å². The first kappa shape index (κ1) is 21.5. The number of hydrogen-bond acceptors (Lipinski definition) is 4. The summed E-state index contributed by atoms with van der Waals surface area (Å²) in [5.74, 6) is 0.512. The number of aryl methyl sites for hydroxylation is 1. The van der Waals surface area contributed by atoms with Crippen molar-refractivity contribution in [2.24, 2.45) is 5.92 Å². The first-order valence-electron chi connectivity index (χ1n) is 11.2. The van der Waals surface area contributed by atoms with Crippen molar-refractivity contribution in [1.82, 2.24) is 15.2 Å².